The van der Waals surface area contributed by atoms with Gasteiger partial charge in [-0.3, -0.25) is 0 Å². The summed E-state index contributed by atoms with van der Waals surface area (Å²) >= 11 is 0. The molecule has 0 aliphatic heterocycles. The Kier molecular flexibility index (Phi) is 1.58. The van der Waals surface area contributed by atoms with Crippen LogP contribution in [0.2, 0.25) is 0 Å². The maximum absolute atomic E-state index is 13.0. The van der Waals surface area contributed by atoms with Crippen LogP contribution >= 0.6 is 0 Å². The van der Waals surface area contributed by atoms with Gasteiger partial charge in [-0.15, -0.1) is 0 Å². The van der Waals surface area contributed by atoms with Crippen molar-refractivity contribution in [1.82, 2.24) is 9.97 Å². The van der Waals surface area contributed by atoms with Crippen LogP contribution in [0.1, 0.15) is 0 Å². The number of halogens is 2. The largest absolute Gasteiger partial charge is 0.492 e. The average Bonchev–Trinajstić information content (AvgIpc) is 2.12. The van der Waals surface area contributed by atoms with E-state index in [0.29, 0.717) is 0 Å². The van der Waals surface area contributed by atoms with Gasteiger partial charge in [0, 0.05) is 0 Å². The summed E-state index contributed by atoms with van der Waals surface area (Å²) in [4.78, 5) is 7.08. The highest BCUT2D eigenvalue weighted by molar-refractivity contribution is 5.74. The summed E-state index contributed by atoms with van der Waals surface area (Å²) in [6.07, 6.45) is 0.963. The zero-order valence-corrected chi connectivity index (χ0v) is 6.33. The molecule has 0 atom stereocenters. The van der Waals surface area contributed by atoms with Crippen molar-refractivity contribution in [2.75, 3.05) is 0 Å². The van der Waals surface area contributed by atoms with E-state index >= 15 is 0 Å². The number of benzene rings is 1. The molecule has 0 unspecified atom stereocenters. The predicted octanol–water partition coefficient (Wildman–Crippen LogP) is 1.61. The lowest BCUT2D eigenvalue weighted by atomic mass is 10.3. The topological polar surface area (TPSA) is 46.0 Å². The predicted molar refractivity (Wildman–Crippen MR) is 41.1 cm³/mol. The van der Waals surface area contributed by atoms with Gasteiger partial charge < -0.3 is 5.11 Å². The third-order valence-electron chi connectivity index (χ3n) is 1.59. The second-order valence-electron chi connectivity index (χ2n) is 2.46. The Morgan fingerprint density at radius 1 is 1.23 bits per heavy atom. The molecular weight excluding hydrogens is 178 g/mol. The van der Waals surface area contributed by atoms with Gasteiger partial charge in [-0.25, -0.2) is 18.7 Å². The summed E-state index contributed by atoms with van der Waals surface area (Å²) in [6.45, 7) is 0. The third-order valence-corrected chi connectivity index (χ3v) is 1.59. The number of rotatable bonds is 0. The average molecular weight is 182 g/mol. The molecule has 0 spiro atoms. The fourth-order valence-electron chi connectivity index (χ4n) is 1.02. The maximum Gasteiger partial charge on any atom is 0.230 e. The Bertz CT molecular complexity index is 473. The van der Waals surface area contributed by atoms with Gasteiger partial charge in [0.25, 0.3) is 0 Å². The highest BCUT2D eigenvalue weighted by Crippen LogP contribution is 2.17. The Morgan fingerprint density at radius 2 is 2.00 bits per heavy atom. The molecule has 2 aromatic rings. The van der Waals surface area contributed by atoms with Crippen LogP contribution in [0, 0.1) is 11.6 Å². The van der Waals surface area contributed by atoms with Gasteiger partial charge in [-0.05, 0) is 12.1 Å². The Hall–Kier alpha value is -1.78. The van der Waals surface area contributed by atoms with E-state index in [2.05, 4.69) is 9.97 Å². The van der Waals surface area contributed by atoms with Gasteiger partial charge in [-0.2, -0.15) is 0 Å². The van der Waals surface area contributed by atoms with Gasteiger partial charge >= 0.3 is 0 Å². The van der Waals surface area contributed by atoms with Crippen LogP contribution in [0.15, 0.2) is 18.3 Å². The van der Waals surface area contributed by atoms with Crippen LogP contribution in [0.25, 0.3) is 11.0 Å². The molecule has 1 N–H and O–H groups in total. The smallest absolute Gasteiger partial charge is 0.230 e. The van der Waals surface area contributed by atoms with Gasteiger partial charge in [-0.1, -0.05) is 0 Å². The highest BCUT2D eigenvalue weighted by atomic mass is 19.2. The molecule has 1 aromatic heterocycles. The Labute approximate surface area is 71.7 Å². The van der Waals surface area contributed by atoms with Crippen molar-refractivity contribution in [3.63, 3.8) is 0 Å². The molecule has 1 aromatic carbocycles. The summed E-state index contributed by atoms with van der Waals surface area (Å²) in [6, 6.07) is 2.19. The molecule has 0 aliphatic rings. The lowest BCUT2D eigenvalue weighted by Gasteiger charge is -1.98. The van der Waals surface area contributed by atoms with Crippen molar-refractivity contribution >= 4 is 11.0 Å². The van der Waals surface area contributed by atoms with E-state index in [1.54, 1.807) is 0 Å². The first kappa shape index (κ1) is 7.85. The molecule has 0 amide bonds. The number of nitrogens with zero attached hydrogens (tertiary/aromatic N) is 2. The maximum atomic E-state index is 13.0. The minimum Gasteiger partial charge on any atom is -0.492 e. The summed E-state index contributed by atoms with van der Waals surface area (Å²) in [7, 11) is 0. The fraction of sp³-hybridized carbons (Fsp3) is 0. The first-order valence-corrected chi connectivity index (χ1v) is 3.48. The van der Waals surface area contributed by atoms with Crippen LogP contribution < -0.4 is 0 Å². The minimum absolute atomic E-state index is 0.124. The van der Waals surface area contributed by atoms with Crippen LogP contribution in [0.3, 0.4) is 0 Å². The molecule has 2 rings (SSSR count). The first-order valence-electron chi connectivity index (χ1n) is 3.48. The van der Waals surface area contributed by atoms with Crippen molar-refractivity contribution in [2.24, 2.45) is 0 Å². The molecular formula is C8H4F2N2O. The number of hydrogen-bond acceptors (Lipinski definition) is 3. The normalized spacial score (nSPS) is 10.6. The van der Waals surface area contributed by atoms with Gasteiger partial charge in [0.15, 0.2) is 11.6 Å². The number of aromatic nitrogens is 2. The Balaban J connectivity index is 2.87. The number of hydrogen-bond donors (Lipinski definition) is 1. The van der Waals surface area contributed by atoms with E-state index in [0.717, 1.165) is 12.3 Å². The van der Waals surface area contributed by atoms with Crippen LogP contribution in [-0.2, 0) is 0 Å². The van der Waals surface area contributed by atoms with Crippen LogP contribution in [-0.4, -0.2) is 15.1 Å². The first-order chi connectivity index (χ1) is 6.18. The molecule has 3 nitrogen and oxygen atoms in total. The van der Waals surface area contributed by atoms with Gasteiger partial charge in [0.1, 0.15) is 5.52 Å². The summed E-state index contributed by atoms with van der Waals surface area (Å²) in [5.74, 6) is -2.35. The summed E-state index contributed by atoms with van der Waals surface area (Å²) in [5.41, 5.74) is -0.0586. The van der Waals surface area contributed by atoms with Crippen molar-refractivity contribution in [1.29, 1.82) is 0 Å². The standard InChI is InChI=1S/C8H4F2N2O/c9-4-1-2-5-8(7(4)10)11-3-6(13)12-5/h1-3H,(H,12,13). The second kappa shape index (κ2) is 2.62. The molecule has 0 bridgehead atoms. The summed E-state index contributed by atoms with van der Waals surface area (Å²) in [5, 5.41) is 8.90. The molecule has 0 fully saturated rings. The lowest BCUT2D eigenvalue weighted by Crippen LogP contribution is -1.91. The molecule has 0 radical (unpaired) electrons. The molecule has 0 saturated heterocycles. The molecule has 0 saturated carbocycles. The SMILES string of the molecule is Oc1cnc2c(F)c(F)ccc2n1. The molecule has 5 heteroatoms. The Morgan fingerprint density at radius 3 is 2.77 bits per heavy atom. The monoisotopic (exact) mass is 182 g/mol. The fourth-order valence-corrected chi connectivity index (χ4v) is 1.02. The highest BCUT2D eigenvalue weighted by Gasteiger charge is 2.08. The molecule has 13 heavy (non-hydrogen) atoms. The van der Waals surface area contributed by atoms with E-state index in [1.807, 2.05) is 0 Å². The second-order valence-corrected chi connectivity index (χ2v) is 2.46. The quantitative estimate of drug-likeness (QED) is 0.673. The van der Waals surface area contributed by atoms with Crippen LogP contribution in [0.4, 0.5) is 8.78 Å². The third kappa shape index (κ3) is 1.18. The number of aromatic hydroxyl groups is 1. The minimum atomic E-state index is -1.05. The molecule has 66 valence electrons. The van der Waals surface area contributed by atoms with E-state index < -0.39 is 11.6 Å². The van der Waals surface area contributed by atoms with E-state index in [1.165, 1.54) is 6.07 Å². The molecule has 0 aliphatic carbocycles. The summed E-state index contributed by atoms with van der Waals surface area (Å²) < 4.78 is 25.6. The van der Waals surface area contributed by atoms with Crippen LogP contribution in [0.5, 0.6) is 5.88 Å². The zero-order chi connectivity index (χ0) is 9.42. The molecule has 1 heterocycles. The lowest BCUT2D eigenvalue weighted by molar-refractivity contribution is 0.452. The van der Waals surface area contributed by atoms with E-state index in [4.69, 9.17) is 5.11 Å². The van der Waals surface area contributed by atoms with Crippen molar-refractivity contribution < 1.29 is 13.9 Å². The number of fused-ring (bicyclic) bond motifs is 1. The zero-order valence-electron chi connectivity index (χ0n) is 6.33. The van der Waals surface area contributed by atoms with Crippen molar-refractivity contribution in [3.05, 3.63) is 30.0 Å². The van der Waals surface area contributed by atoms with E-state index in [9.17, 15) is 8.78 Å². The van der Waals surface area contributed by atoms with Gasteiger partial charge in [0.2, 0.25) is 5.88 Å². The van der Waals surface area contributed by atoms with E-state index in [-0.39, 0.29) is 16.9 Å². The van der Waals surface area contributed by atoms with Gasteiger partial charge in [0.05, 0.1) is 11.7 Å². The van der Waals surface area contributed by atoms with Crippen molar-refractivity contribution in [3.8, 4) is 5.88 Å². The van der Waals surface area contributed by atoms with Crippen molar-refractivity contribution in [2.45, 2.75) is 0 Å².